The van der Waals surface area contributed by atoms with Crippen LogP contribution in [-0.4, -0.2) is 11.8 Å². The average Bonchev–Trinajstić information content (AvgIpc) is 2.18. The van der Waals surface area contributed by atoms with Gasteiger partial charge in [0.1, 0.15) is 18.8 Å². The Kier molecular flexibility index (Phi) is 5.40. The summed E-state index contributed by atoms with van der Waals surface area (Å²) in [7, 11) is 0. The molecule has 0 saturated carbocycles. The Morgan fingerprint density at radius 3 is 2.75 bits per heavy atom. The number of halogens is 2. The van der Waals surface area contributed by atoms with Crippen LogP contribution in [0.5, 0.6) is 0 Å². The van der Waals surface area contributed by atoms with Crippen LogP contribution in [0, 0.1) is 3.57 Å². The Morgan fingerprint density at radius 2 is 2.12 bits per heavy atom. The van der Waals surface area contributed by atoms with Crippen LogP contribution in [0.15, 0.2) is 22.7 Å². The minimum atomic E-state index is -0.488. The summed E-state index contributed by atoms with van der Waals surface area (Å²) in [5, 5.41) is 0. The van der Waals surface area contributed by atoms with Crippen LogP contribution in [0.4, 0.5) is 0 Å². The predicted octanol–water partition coefficient (Wildman–Crippen LogP) is 3.08. The molecule has 86 valence electrons. The fourth-order valence-electron chi connectivity index (χ4n) is 1.07. The highest BCUT2D eigenvalue weighted by atomic mass is 127. The van der Waals surface area contributed by atoms with E-state index in [4.69, 9.17) is 4.74 Å². The maximum absolute atomic E-state index is 11.2. The van der Waals surface area contributed by atoms with Crippen molar-refractivity contribution in [3.8, 4) is 0 Å². The van der Waals surface area contributed by atoms with Gasteiger partial charge in [0.2, 0.25) is 0 Å². The van der Waals surface area contributed by atoms with Crippen LogP contribution in [0.1, 0.15) is 18.9 Å². The quantitative estimate of drug-likeness (QED) is 0.446. The normalized spacial score (nSPS) is 9.94. The van der Waals surface area contributed by atoms with Gasteiger partial charge in [-0.3, -0.25) is 9.59 Å². The molecule has 0 aliphatic carbocycles. The number of Topliss-reactive ketones (excluding diaryl/α,β-unsaturated/α-hetero) is 1. The number of hydrogen-bond donors (Lipinski definition) is 0. The highest BCUT2D eigenvalue weighted by molar-refractivity contribution is 14.1. The molecule has 3 nitrogen and oxygen atoms in total. The number of hydrogen-bond acceptors (Lipinski definition) is 3. The molecule has 0 amide bonds. The van der Waals surface area contributed by atoms with E-state index < -0.39 is 5.97 Å². The largest absolute Gasteiger partial charge is 0.460 e. The molecule has 0 aromatic heterocycles. The van der Waals surface area contributed by atoms with E-state index >= 15 is 0 Å². The van der Waals surface area contributed by atoms with Gasteiger partial charge in [-0.25, -0.2) is 0 Å². The van der Waals surface area contributed by atoms with E-state index in [0.29, 0.717) is 0 Å². The highest BCUT2D eigenvalue weighted by Crippen LogP contribution is 2.20. The third-order valence-corrected chi connectivity index (χ3v) is 3.23. The standard InChI is InChI=1S/C11H10BrIO3/c1-7(14)4-11(15)16-6-8-5-9(13)2-3-10(8)12/h2-3,5H,4,6H2,1H3. The second kappa shape index (κ2) is 6.34. The number of carbonyl (C=O) groups is 2. The molecule has 0 heterocycles. The third-order valence-electron chi connectivity index (χ3n) is 1.79. The van der Waals surface area contributed by atoms with Gasteiger partial charge in [-0.05, 0) is 47.7 Å². The third kappa shape index (κ3) is 4.61. The van der Waals surface area contributed by atoms with Crippen LogP contribution in [-0.2, 0) is 20.9 Å². The summed E-state index contributed by atoms with van der Waals surface area (Å²) in [6.45, 7) is 1.55. The SMILES string of the molecule is CC(=O)CC(=O)OCc1cc(I)ccc1Br. The summed E-state index contributed by atoms with van der Waals surface area (Å²) in [5.74, 6) is -0.676. The summed E-state index contributed by atoms with van der Waals surface area (Å²) in [6.07, 6.45) is -0.165. The maximum atomic E-state index is 11.2. The van der Waals surface area contributed by atoms with Crippen molar-refractivity contribution < 1.29 is 14.3 Å². The van der Waals surface area contributed by atoms with Crippen molar-refractivity contribution in [1.29, 1.82) is 0 Å². The Morgan fingerprint density at radius 1 is 1.44 bits per heavy atom. The molecule has 1 rings (SSSR count). The van der Waals surface area contributed by atoms with Crippen molar-refractivity contribution in [2.75, 3.05) is 0 Å². The lowest BCUT2D eigenvalue weighted by Crippen LogP contribution is -2.09. The maximum Gasteiger partial charge on any atom is 0.313 e. The number of esters is 1. The molecule has 0 atom stereocenters. The topological polar surface area (TPSA) is 43.4 Å². The van der Waals surface area contributed by atoms with Crippen molar-refractivity contribution in [1.82, 2.24) is 0 Å². The van der Waals surface area contributed by atoms with Crippen LogP contribution in [0.25, 0.3) is 0 Å². The highest BCUT2D eigenvalue weighted by Gasteiger charge is 2.08. The van der Waals surface area contributed by atoms with E-state index in [-0.39, 0.29) is 18.8 Å². The minimum absolute atomic E-state index is 0.165. The molecule has 0 radical (unpaired) electrons. The van der Waals surface area contributed by atoms with E-state index in [1.54, 1.807) is 0 Å². The Hall–Kier alpha value is -0.430. The lowest BCUT2D eigenvalue weighted by molar-refractivity contribution is -0.146. The Balaban J connectivity index is 2.57. The smallest absolute Gasteiger partial charge is 0.313 e. The molecule has 0 saturated heterocycles. The summed E-state index contributed by atoms with van der Waals surface area (Å²) >= 11 is 5.55. The number of benzene rings is 1. The first kappa shape index (κ1) is 13.6. The predicted molar refractivity (Wildman–Crippen MR) is 72.0 cm³/mol. The number of carbonyl (C=O) groups excluding carboxylic acids is 2. The van der Waals surface area contributed by atoms with E-state index in [9.17, 15) is 9.59 Å². The van der Waals surface area contributed by atoms with Gasteiger partial charge in [-0.1, -0.05) is 15.9 Å². The van der Waals surface area contributed by atoms with Crippen molar-refractivity contribution in [2.24, 2.45) is 0 Å². The first-order valence-electron chi connectivity index (χ1n) is 4.58. The summed E-state index contributed by atoms with van der Waals surface area (Å²) < 4.78 is 6.94. The fourth-order valence-corrected chi connectivity index (χ4v) is 1.98. The molecule has 16 heavy (non-hydrogen) atoms. The van der Waals surface area contributed by atoms with Gasteiger partial charge >= 0.3 is 5.97 Å². The van der Waals surface area contributed by atoms with E-state index in [1.807, 2.05) is 18.2 Å². The molecule has 1 aromatic rings. The molecule has 0 aliphatic heterocycles. The van der Waals surface area contributed by atoms with E-state index in [1.165, 1.54) is 6.92 Å². The zero-order valence-corrected chi connectivity index (χ0v) is 12.4. The number of ether oxygens (including phenoxy) is 1. The Bertz CT molecular complexity index is 418. The summed E-state index contributed by atoms with van der Waals surface area (Å²) in [6, 6.07) is 5.77. The van der Waals surface area contributed by atoms with Crippen molar-refractivity contribution >= 4 is 50.3 Å². The number of ketones is 1. The fraction of sp³-hybridized carbons (Fsp3) is 0.273. The average molecular weight is 397 g/mol. The van der Waals surface area contributed by atoms with Gasteiger partial charge < -0.3 is 4.74 Å². The molecule has 0 spiro atoms. The second-order valence-electron chi connectivity index (χ2n) is 3.28. The van der Waals surface area contributed by atoms with Gasteiger partial charge in [0, 0.05) is 13.6 Å². The molecule has 0 bridgehead atoms. The van der Waals surface area contributed by atoms with E-state index in [2.05, 4.69) is 38.5 Å². The van der Waals surface area contributed by atoms with Crippen molar-refractivity contribution in [2.45, 2.75) is 20.0 Å². The Labute approximate surface area is 116 Å². The van der Waals surface area contributed by atoms with Crippen LogP contribution < -0.4 is 0 Å². The molecule has 0 N–H and O–H groups in total. The van der Waals surface area contributed by atoms with Gasteiger partial charge in [-0.15, -0.1) is 0 Å². The summed E-state index contributed by atoms with van der Waals surface area (Å²) in [5.41, 5.74) is 0.892. The van der Waals surface area contributed by atoms with Gasteiger partial charge in [0.05, 0.1) is 0 Å². The van der Waals surface area contributed by atoms with Gasteiger partial charge in [-0.2, -0.15) is 0 Å². The van der Waals surface area contributed by atoms with Crippen LogP contribution in [0.2, 0.25) is 0 Å². The zero-order valence-electron chi connectivity index (χ0n) is 8.63. The first-order chi connectivity index (χ1) is 7.49. The molecule has 0 aliphatic rings. The molecule has 0 fully saturated rings. The second-order valence-corrected chi connectivity index (χ2v) is 5.38. The molecular weight excluding hydrogens is 387 g/mol. The zero-order chi connectivity index (χ0) is 12.1. The van der Waals surface area contributed by atoms with Gasteiger partial charge in [0.15, 0.2) is 0 Å². The first-order valence-corrected chi connectivity index (χ1v) is 6.45. The van der Waals surface area contributed by atoms with Crippen LogP contribution in [0.3, 0.4) is 0 Å². The molecule has 1 aromatic carbocycles. The summed E-state index contributed by atoms with van der Waals surface area (Å²) in [4.78, 5) is 21.8. The lowest BCUT2D eigenvalue weighted by atomic mass is 10.2. The molecular formula is C11H10BrIO3. The minimum Gasteiger partial charge on any atom is -0.460 e. The van der Waals surface area contributed by atoms with Crippen LogP contribution >= 0.6 is 38.5 Å². The van der Waals surface area contributed by atoms with Gasteiger partial charge in [0.25, 0.3) is 0 Å². The monoisotopic (exact) mass is 396 g/mol. The van der Waals surface area contributed by atoms with E-state index in [0.717, 1.165) is 13.6 Å². The lowest BCUT2D eigenvalue weighted by Gasteiger charge is -2.06. The molecule has 5 heteroatoms. The molecule has 0 unspecified atom stereocenters. The van der Waals surface area contributed by atoms with Crippen molar-refractivity contribution in [3.05, 3.63) is 31.8 Å². The number of rotatable bonds is 4. The van der Waals surface area contributed by atoms with Crippen molar-refractivity contribution in [3.63, 3.8) is 0 Å².